The van der Waals surface area contributed by atoms with Gasteiger partial charge in [0.15, 0.2) is 0 Å². The Morgan fingerprint density at radius 2 is 1.62 bits per heavy atom. The molecule has 2 rings (SSSR count). The predicted octanol–water partition coefficient (Wildman–Crippen LogP) is 2.65. The molecule has 8 heteroatoms. The summed E-state index contributed by atoms with van der Waals surface area (Å²) in [6.45, 7) is 0.616. The molecular weight excluding hydrogens is 374 g/mol. The Bertz CT molecular complexity index is 834. The van der Waals surface area contributed by atoms with Gasteiger partial charge in [-0.1, -0.05) is 12.1 Å². The molecule has 0 radical (unpaired) electrons. The molecule has 0 aliphatic heterocycles. The zero-order chi connectivity index (χ0) is 21.2. The average Bonchev–Trinajstić information content (AvgIpc) is 2.74. The summed E-state index contributed by atoms with van der Waals surface area (Å²) in [5.41, 5.74) is 1.97. The quantitative estimate of drug-likeness (QED) is 0.665. The normalized spacial score (nSPS) is 10.0. The van der Waals surface area contributed by atoms with Crippen molar-refractivity contribution in [2.24, 2.45) is 0 Å². The van der Waals surface area contributed by atoms with Gasteiger partial charge in [-0.15, -0.1) is 0 Å². The summed E-state index contributed by atoms with van der Waals surface area (Å²) < 4.78 is 9.72. The molecule has 3 amide bonds. The van der Waals surface area contributed by atoms with E-state index in [4.69, 9.17) is 4.74 Å². The number of rotatable bonds is 8. The minimum Gasteiger partial charge on any atom is -0.497 e. The number of hydrogen-bond acceptors (Lipinski definition) is 5. The summed E-state index contributed by atoms with van der Waals surface area (Å²) >= 11 is 0. The first-order valence-corrected chi connectivity index (χ1v) is 9.03. The van der Waals surface area contributed by atoms with Crippen molar-refractivity contribution in [3.8, 4) is 5.75 Å². The van der Waals surface area contributed by atoms with E-state index in [0.717, 1.165) is 5.56 Å². The third kappa shape index (κ3) is 6.84. The first-order valence-electron chi connectivity index (χ1n) is 9.03. The van der Waals surface area contributed by atoms with E-state index in [9.17, 15) is 14.4 Å². The Hall–Kier alpha value is -3.55. The van der Waals surface area contributed by atoms with E-state index in [1.54, 1.807) is 67.6 Å². The Kier molecular flexibility index (Phi) is 8.02. The van der Waals surface area contributed by atoms with Gasteiger partial charge in [0.2, 0.25) is 5.91 Å². The predicted molar refractivity (Wildman–Crippen MR) is 109 cm³/mol. The van der Waals surface area contributed by atoms with E-state index in [1.807, 2.05) is 0 Å². The number of nitrogens with one attached hydrogen (secondary N) is 2. The van der Waals surface area contributed by atoms with Gasteiger partial charge in [-0.3, -0.25) is 4.79 Å². The van der Waals surface area contributed by atoms with Gasteiger partial charge < -0.3 is 25.0 Å². The van der Waals surface area contributed by atoms with Gasteiger partial charge in [0.1, 0.15) is 5.75 Å². The van der Waals surface area contributed by atoms with E-state index in [-0.39, 0.29) is 24.9 Å². The lowest BCUT2D eigenvalue weighted by Crippen LogP contribution is -2.34. The van der Waals surface area contributed by atoms with Gasteiger partial charge >= 0.3 is 12.0 Å². The summed E-state index contributed by atoms with van der Waals surface area (Å²) in [7, 11) is 4.59. The lowest BCUT2D eigenvalue weighted by Gasteiger charge is -2.17. The maximum Gasteiger partial charge on any atom is 0.337 e. The van der Waals surface area contributed by atoms with Crippen LogP contribution in [-0.4, -0.2) is 50.6 Å². The van der Waals surface area contributed by atoms with Crippen LogP contribution < -0.4 is 15.4 Å². The van der Waals surface area contributed by atoms with Gasteiger partial charge in [-0.25, -0.2) is 9.59 Å². The van der Waals surface area contributed by atoms with Crippen LogP contribution in [0.15, 0.2) is 48.5 Å². The molecule has 0 unspecified atom stereocenters. The largest absolute Gasteiger partial charge is 0.497 e. The van der Waals surface area contributed by atoms with Crippen LogP contribution in [0.1, 0.15) is 22.3 Å². The summed E-state index contributed by atoms with van der Waals surface area (Å²) in [5.74, 6) is 0.191. The van der Waals surface area contributed by atoms with Gasteiger partial charge in [0.05, 0.1) is 19.8 Å². The molecule has 0 fully saturated rings. The van der Waals surface area contributed by atoms with Crippen molar-refractivity contribution < 1.29 is 23.9 Å². The molecule has 0 saturated carbocycles. The number of benzene rings is 2. The minimum atomic E-state index is -0.403. The molecule has 0 saturated heterocycles. The summed E-state index contributed by atoms with van der Waals surface area (Å²) in [5, 5.41) is 5.34. The van der Waals surface area contributed by atoms with Crippen molar-refractivity contribution in [1.29, 1.82) is 0 Å². The summed E-state index contributed by atoms with van der Waals surface area (Å²) in [6.07, 6.45) is 0.173. The standard InChI is InChI=1S/C21H25N3O5/c1-24(14-15-4-6-16(7-5-15)20(26)29-3)19(25)12-13-22-21(27)23-17-8-10-18(28-2)11-9-17/h4-11H,12-14H2,1-3H3,(H2,22,23,27). The van der Waals surface area contributed by atoms with E-state index in [0.29, 0.717) is 23.5 Å². The lowest BCUT2D eigenvalue weighted by molar-refractivity contribution is -0.130. The number of carbonyl (C=O) groups excluding carboxylic acids is 3. The lowest BCUT2D eigenvalue weighted by atomic mass is 10.1. The van der Waals surface area contributed by atoms with Crippen LogP contribution in [0, 0.1) is 0 Å². The Balaban J connectivity index is 1.73. The fourth-order valence-electron chi connectivity index (χ4n) is 2.55. The van der Waals surface area contributed by atoms with Crippen LogP contribution in [0.3, 0.4) is 0 Å². The van der Waals surface area contributed by atoms with Crippen LogP contribution in [-0.2, 0) is 16.1 Å². The zero-order valence-electron chi connectivity index (χ0n) is 16.7. The van der Waals surface area contributed by atoms with E-state index in [2.05, 4.69) is 15.4 Å². The molecule has 0 atom stereocenters. The van der Waals surface area contributed by atoms with Crippen LogP contribution in [0.25, 0.3) is 0 Å². The van der Waals surface area contributed by atoms with Gasteiger partial charge in [0, 0.05) is 32.2 Å². The molecular formula is C21H25N3O5. The fourth-order valence-corrected chi connectivity index (χ4v) is 2.55. The highest BCUT2D eigenvalue weighted by Gasteiger charge is 2.11. The number of amides is 3. The minimum absolute atomic E-state index is 0.105. The van der Waals surface area contributed by atoms with E-state index in [1.165, 1.54) is 7.11 Å². The molecule has 0 spiro atoms. The summed E-state index contributed by atoms with van der Waals surface area (Å²) in [6, 6.07) is 13.4. The molecule has 0 heterocycles. The number of anilines is 1. The molecule has 2 aromatic carbocycles. The second kappa shape index (κ2) is 10.7. The van der Waals surface area contributed by atoms with Crippen molar-refractivity contribution in [2.75, 3.05) is 33.1 Å². The molecule has 154 valence electrons. The van der Waals surface area contributed by atoms with Crippen LogP contribution in [0.5, 0.6) is 5.75 Å². The number of nitrogens with zero attached hydrogens (tertiary/aromatic N) is 1. The second-order valence-corrected chi connectivity index (χ2v) is 6.30. The molecule has 2 N–H and O–H groups in total. The number of carbonyl (C=O) groups is 3. The van der Waals surface area contributed by atoms with E-state index >= 15 is 0 Å². The third-order valence-corrected chi connectivity index (χ3v) is 4.19. The molecule has 0 aliphatic carbocycles. The Morgan fingerprint density at radius 1 is 0.966 bits per heavy atom. The topological polar surface area (TPSA) is 97.0 Å². The summed E-state index contributed by atoms with van der Waals surface area (Å²) in [4.78, 5) is 37.2. The van der Waals surface area contributed by atoms with Gasteiger partial charge in [0.25, 0.3) is 0 Å². The molecule has 8 nitrogen and oxygen atoms in total. The van der Waals surface area contributed by atoms with Crippen LogP contribution in [0.2, 0.25) is 0 Å². The number of methoxy groups -OCH3 is 2. The van der Waals surface area contributed by atoms with E-state index < -0.39 is 5.97 Å². The molecule has 2 aromatic rings. The first kappa shape index (κ1) is 21.7. The number of ether oxygens (including phenoxy) is 2. The number of urea groups is 1. The third-order valence-electron chi connectivity index (χ3n) is 4.19. The Labute approximate surface area is 169 Å². The molecule has 0 bridgehead atoms. The molecule has 0 aromatic heterocycles. The van der Waals surface area contributed by atoms with Crippen LogP contribution >= 0.6 is 0 Å². The van der Waals surface area contributed by atoms with Crippen molar-refractivity contribution in [1.82, 2.24) is 10.2 Å². The SMILES string of the molecule is COC(=O)c1ccc(CN(C)C(=O)CCNC(=O)Nc2ccc(OC)cc2)cc1. The maximum absolute atomic E-state index is 12.2. The fraction of sp³-hybridized carbons (Fsp3) is 0.286. The first-order chi connectivity index (χ1) is 13.9. The highest BCUT2D eigenvalue weighted by atomic mass is 16.5. The van der Waals surface area contributed by atoms with Crippen molar-refractivity contribution in [3.63, 3.8) is 0 Å². The monoisotopic (exact) mass is 399 g/mol. The Morgan fingerprint density at radius 3 is 2.21 bits per heavy atom. The molecule has 0 aliphatic rings. The molecule has 29 heavy (non-hydrogen) atoms. The van der Waals surface area contributed by atoms with Gasteiger partial charge in [-0.05, 0) is 42.0 Å². The van der Waals surface area contributed by atoms with Gasteiger partial charge in [-0.2, -0.15) is 0 Å². The smallest absolute Gasteiger partial charge is 0.337 e. The average molecular weight is 399 g/mol. The number of hydrogen-bond donors (Lipinski definition) is 2. The number of esters is 1. The highest BCUT2D eigenvalue weighted by Crippen LogP contribution is 2.14. The second-order valence-electron chi connectivity index (χ2n) is 6.30. The highest BCUT2D eigenvalue weighted by molar-refractivity contribution is 5.90. The van der Waals surface area contributed by atoms with Crippen molar-refractivity contribution >= 4 is 23.6 Å². The van der Waals surface area contributed by atoms with Crippen molar-refractivity contribution in [3.05, 3.63) is 59.7 Å². The van der Waals surface area contributed by atoms with Crippen molar-refractivity contribution in [2.45, 2.75) is 13.0 Å². The maximum atomic E-state index is 12.2. The van der Waals surface area contributed by atoms with Crippen LogP contribution in [0.4, 0.5) is 10.5 Å². The zero-order valence-corrected chi connectivity index (χ0v) is 16.7.